The Morgan fingerprint density at radius 3 is 2.61 bits per heavy atom. The van der Waals surface area contributed by atoms with E-state index in [1.165, 1.54) is 11.3 Å². The van der Waals surface area contributed by atoms with E-state index in [4.69, 9.17) is 15.2 Å². The van der Waals surface area contributed by atoms with Crippen LogP contribution in [0.3, 0.4) is 0 Å². The summed E-state index contributed by atoms with van der Waals surface area (Å²) in [5, 5.41) is 5.00. The summed E-state index contributed by atoms with van der Waals surface area (Å²) in [4.78, 5) is 12.0. The molecule has 0 aliphatic rings. The highest BCUT2D eigenvalue weighted by atomic mass is 32.1. The minimum absolute atomic E-state index is 0.226. The number of hydrogen-bond donors (Lipinski definition) is 2. The monoisotopic (exact) mass is 272 g/mol. The molecule has 0 spiro atoms. The molecule has 0 aromatic carbocycles. The molecular weight excluding hydrogens is 252 g/mol. The van der Waals surface area contributed by atoms with Crippen molar-refractivity contribution in [3.63, 3.8) is 0 Å². The van der Waals surface area contributed by atoms with E-state index in [-0.39, 0.29) is 12.2 Å². The maximum Gasteiger partial charge on any atom is 0.249 e. The SMILES string of the molecule is CCOC(CNCc1cc(C(N)=O)cs1)OCC. The number of nitrogens with one attached hydrogen (secondary N) is 1. The molecule has 3 N–H and O–H groups in total. The van der Waals surface area contributed by atoms with Crippen LogP contribution < -0.4 is 11.1 Å². The van der Waals surface area contributed by atoms with Crippen molar-refractivity contribution in [1.82, 2.24) is 5.32 Å². The van der Waals surface area contributed by atoms with Crippen molar-refractivity contribution in [2.45, 2.75) is 26.7 Å². The van der Waals surface area contributed by atoms with E-state index in [0.29, 0.717) is 31.9 Å². The zero-order valence-electron chi connectivity index (χ0n) is 10.8. The molecule has 0 aliphatic heterocycles. The first-order valence-corrected chi connectivity index (χ1v) is 6.86. The summed E-state index contributed by atoms with van der Waals surface area (Å²) in [5.74, 6) is -0.390. The van der Waals surface area contributed by atoms with Crippen LogP contribution in [0.1, 0.15) is 29.1 Å². The van der Waals surface area contributed by atoms with Gasteiger partial charge in [0.15, 0.2) is 6.29 Å². The molecule has 0 radical (unpaired) electrons. The number of carbonyl (C=O) groups is 1. The number of thiophene rings is 1. The predicted molar refractivity (Wildman–Crippen MR) is 71.6 cm³/mol. The van der Waals surface area contributed by atoms with Gasteiger partial charge in [-0.05, 0) is 19.9 Å². The molecule has 0 bridgehead atoms. The highest BCUT2D eigenvalue weighted by Gasteiger charge is 2.08. The predicted octanol–water partition coefficient (Wildman–Crippen LogP) is 1.34. The van der Waals surface area contributed by atoms with Crippen molar-refractivity contribution < 1.29 is 14.3 Å². The molecule has 0 saturated heterocycles. The lowest BCUT2D eigenvalue weighted by Gasteiger charge is -2.17. The van der Waals surface area contributed by atoms with E-state index in [0.717, 1.165) is 4.88 Å². The normalized spacial score (nSPS) is 11.1. The van der Waals surface area contributed by atoms with Gasteiger partial charge in [-0.25, -0.2) is 0 Å². The Morgan fingerprint density at radius 1 is 1.44 bits per heavy atom. The van der Waals surface area contributed by atoms with Crippen LogP contribution >= 0.6 is 11.3 Å². The Balaban J connectivity index is 2.32. The Morgan fingerprint density at radius 2 is 2.11 bits per heavy atom. The van der Waals surface area contributed by atoms with Gasteiger partial charge in [0.1, 0.15) is 0 Å². The fourth-order valence-electron chi connectivity index (χ4n) is 1.45. The van der Waals surface area contributed by atoms with Crippen LogP contribution in [0.4, 0.5) is 0 Å². The van der Waals surface area contributed by atoms with E-state index >= 15 is 0 Å². The molecular formula is C12H20N2O3S. The molecule has 18 heavy (non-hydrogen) atoms. The molecule has 0 atom stereocenters. The highest BCUT2D eigenvalue weighted by molar-refractivity contribution is 7.10. The topological polar surface area (TPSA) is 73.6 Å². The van der Waals surface area contributed by atoms with Crippen molar-refractivity contribution in [2.24, 2.45) is 5.73 Å². The van der Waals surface area contributed by atoms with Crippen molar-refractivity contribution >= 4 is 17.2 Å². The average Bonchev–Trinajstić information content (AvgIpc) is 2.78. The second-order valence-electron chi connectivity index (χ2n) is 3.64. The zero-order valence-corrected chi connectivity index (χ0v) is 11.6. The molecule has 0 unspecified atom stereocenters. The van der Waals surface area contributed by atoms with Crippen LogP contribution in [0.2, 0.25) is 0 Å². The molecule has 1 amide bonds. The molecule has 5 nitrogen and oxygen atoms in total. The van der Waals surface area contributed by atoms with Crippen LogP contribution in [-0.4, -0.2) is 32.0 Å². The first-order valence-electron chi connectivity index (χ1n) is 5.98. The number of primary amides is 1. The Bertz CT molecular complexity index is 362. The van der Waals surface area contributed by atoms with Gasteiger partial charge in [-0.15, -0.1) is 11.3 Å². The Kier molecular flexibility index (Phi) is 6.89. The van der Waals surface area contributed by atoms with E-state index in [2.05, 4.69) is 5.32 Å². The summed E-state index contributed by atoms with van der Waals surface area (Å²) in [6.07, 6.45) is -0.226. The lowest BCUT2D eigenvalue weighted by atomic mass is 10.3. The molecule has 6 heteroatoms. The largest absolute Gasteiger partial charge is 0.366 e. The van der Waals surface area contributed by atoms with Gasteiger partial charge in [0, 0.05) is 36.6 Å². The number of ether oxygens (including phenoxy) is 2. The maximum atomic E-state index is 10.9. The highest BCUT2D eigenvalue weighted by Crippen LogP contribution is 2.13. The lowest BCUT2D eigenvalue weighted by molar-refractivity contribution is -0.133. The molecule has 1 aromatic heterocycles. The molecule has 0 fully saturated rings. The van der Waals surface area contributed by atoms with Gasteiger partial charge < -0.3 is 20.5 Å². The number of hydrogen-bond acceptors (Lipinski definition) is 5. The van der Waals surface area contributed by atoms with Crippen LogP contribution in [-0.2, 0) is 16.0 Å². The van der Waals surface area contributed by atoms with Gasteiger partial charge in [-0.1, -0.05) is 0 Å². The minimum Gasteiger partial charge on any atom is -0.366 e. The van der Waals surface area contributed by atoms with Gasteiger partial charge >= 0.3 is 0 Å². The summed E-state index contributed by atoms with van der Waals surface area (Å²) < 4.78 is 10.8. The summed E-state index contributed by atoms with van der Waals surface area (Å²) in [6, 6.07) is 1.80. The van der Waals surface area contributed by atoms with E-state index in [1.807, 2.05) is 13.8 Å². The second-order valence-corrected chi connectivity index (χ2v) is 4.63. The summed E-state index contributed by atoms with van der Waals surface area (Å²) in [6.45, 7) is 6.41. The third-order valence-electron chi connectivity index (χ3n) is 2.25. The van der Waals surface area contributed by atoms with E-state index in [9.17, 15) is 4.79 Å². The van der Waals surface area contributed by atoms with Crippen molar-refractivity contribution in [2.75, 3.05) is 19.8 Å². The van der Waals surface area contributed by atoms with E-state index in [1.54, 1.807) is 11.4 Å². The smallest absolute Gasteiger partial charge is 0.249 e. The van der Waals surface area contributed by atoms with Gasteiger partial charge in [-0.2, -0.15) is 0 Å². The lowest BCUT2D eigenvalue weighted by Crippen LogP contribution is -2.31. The molecule has 1 heterocycles. The first-order chi connectivity index (χ1) is 8.67. The summed E-state index contributed by atoms with van der Waals surface area (Å²) in [5.41, 5.74) is 5.75. The maximum absolute atomic E-state index is 10.9. The fourth-order valence-corrected chi connectivity index (χ4v) is 2.30. The van der Waals surface area contributed by atoms with Crippen LogP contribution in [0, 0.1) is 0 Å². The van der Waals surface area contributed by atoms with Crippen LogP contribution in [0.25, 0.3) is 0 Å². The third-order valence-corrected chi connectivity index (χ3v) is 3.19. The van der Waals surface area contributed by atoms with Gasteiger partial charge in [-0.3, -0.25) is 4.79 Å². The number of amides is 1. The Hall–Kier alpha value is -0.950. The second kappa shape index (κ2) is 8.20. The van der Waals surface area contributed by atoms with Gasteiger partial charge in [0.25, 0.3) is 0 Å². The molecule has 0 aliphatic carbocycles. The molecule has 0 saturated carbocycles. The number of rotatable bonds is 9. The quantitative estimate of drug-likeness (QED) is 0.665. The standard InChI is InChI=1S/C12H20N2O3S/c1-3-16-11(17-4-2)7-14-6-10-5-9(8-18-10)12(13)15/h5,8,11,14H,3-4,6-7H2,1-2H3,(H2,13,15). The molecule has 102 valence electrons. The van der Waals surface area contributed by atoms with Gasteiger partial charge in [0.05, 0.1) is 5.56 Å². The van der Waals surface area contributed by atoms with Crippen LogP contribution in [0.15, 0.2) is 11.4 Å². The summed E-state index contributed by atoms with van der Waals surface area (Å²) in [7, 11) is 0. The van der Waals surface area contributed by atoms with Crippen LogP contribution in [0.5, 0.6) is 0 Å². The number of carbonyl (C=O) groups excluding carboxylic acids is 1. The Labute approximate surface area is 111 Å². The van der Waals surface area contributed by atoms with Crippen molar-refractivity contribution in [1.29, 1.82) is 0 Å². The van der Waals surface area contributed by atoms with Crippen molar-refractivity contribution in [3.05, 3.63) is 21.9 Å². The minimum atomic E-state index is -0.390. The van der Waals surface area contributed by atoms with Crippen molar-refractivity contribution in [3.8, 4) is 0 Å². The molecule has 1 aromatic rings. The third kappa shape index (κ3) is 5.14. The number of nitrogens with two attached hydrogens (primary N) is 1. The van der Waals surface area contributed by atoms with Gasteiger partial charge in [0.2, 0.25) is 5.91 Å². The fraction of sp³-hybridized carbons (Fsp3) is 0.583. The van der Waals surface area contributed by atoms with E-state index < -0.39 is 0 Å². The summed E-state index contributed by atoms with van der Waals surface area (Å²) >= 11 is 1.51. The molecule has 1 rings (SSSR count). The average molecular weight is 272 g/mol. The first kappa shape index (κ1) is 15.1. The zero-order chi connectivity index (χ0) is 13.4.